The maximum atomic E-state index is 13.4. The fourth-order valence-electron chi connectivity index (χ4n) is 11.7. The summed E-state index contributed by atoms with van der Waals surface area (Å²) in [5.41, 5.74) is 13.1. The van der Waals surface area contributed by atoms with Gasteiger partial charge in [-0.15, -0.1) is 0 Å². The third-order valence-corrected chi connectivity index (χ3v) is 16.0. The predicted molar refractivity (Wildman–Crippen MR) is 348 cm³/mol. The Morgan fingerprint density at radius 3 is 1.30 bits per heavy atom. The number of hydrogen-bond acceptors (Lipinski definition) is 13. The minimum Gasteiger partial charge on any atom is -0.497 e. The number of fused-ring (bicyclic) bond motifs is 2. The van der Waals surface area contributed by atoms with Crippen LogP contribution in [-0.2, 0) is 41.6 Å². The number of amides is 3. The largest absolute Gasteiger partial charge is 0.497 e. The molecule has 0 radical (unpaired) electrons. The molecule has 0 unspecified atom stereocenters. The number of benzene rings is 4. The van der Waals surface area contributed by atoms with Gasteiger partial charge in [0.25, 0.3) is 0 Å². The van der Waals surface area contributed by atoms with E-state index in [4.69, 9.17) is 34.2 Å². The molecule has 2 aliphatic rings. The van der Waals surface area contributed by atoms with E-state index in [-0.39, 0.29) is 31.2 Å². The molecule has 19 nitrogen and oxygen atoms in total. The number of esters is 2. The van der Waals surface area contributed by atoms with Gasteiger partial charge in [-0.3, -0.25) is 9.59 Å². The molecule has 0 aliphatic heterocycles. The summed E-state index contributed by atoms with van der Waals surface area (Å²) in [6.07, 6.45) is 14.1. The first kappa shape index (κ1) is 70.0. The van der Waals surface area contributed by atoms with Gasteiger partial charge in [-0.1, -0.05) is 50.7 Å². The van der Waals surface area contributed by atoms with Crippen LogP contribution in [0.2, 0.25) is 0 Å². The average Bonchev–Trinajstić information content (AvgIpc) is 1.72. The van der Waals surface area contributed by atoms with Crippen LogP contribution in [0, 0.1) is 0 Å². The minimum atomic E-state index is -0.926. The first-order valence-corrected chi connectivity index (χ1v) is 31.3. The molecule has 0 spiro atoms. The molecule has 484 valence electrons. The van der Waals surface area contributed by atoms with Gasteiger partial charge in [0.2, 0.25) is 5.91 Å². The zero-order valence-electron chi connectivity index (χ0n) is 54.6. The van der Waals surface area contributed by atoms with E-state index in [9.17, 15) is 33.9 Å². The highest BCUT2D eigenvalue weighted by Crippen LogP contribution is 2.46. The number of nitrogens with two attached hydrogens (primary N) is 1. The summed E-state index contributed by atoms with van der Waals surface area (Å²) in [7, 11) is 9.45. The van der Waals surface area contributed by atoms with Crippen LogP contribution >= 0.6 is 0 Å². The molecule has 3 amide bonds. The number of carboxylic acid groups (broad SMARTS) is 1. The van der Waals surface area contributed by atoms with E-state index in [0.717, 1.165) is 107 Å². The average molecular weight is 1230 g/mol. The number of nitrogens with one attached hydrogen (secondary N) is 1. The minimum absolute atomic E-state index is 0.104. The summed E-state index contributed by atoms with van der Waals surface area (Å²) in [6, 6.07) is 26.8. The third-order valence-electron chi connectivity index (χ3n) is 16.0. The van der Waals surface area contributed by atoms with Crippen molar-refractivity contribution in [1.82, 2.24) is 24.3 Å². The molecule has 19 heteroatoms. The monoisotopic (exact) mass is 1230 g/mol. The molecule has 0 bridgehead atoms. The number of ether oxygens (including phenoxy) is 6. The van der Waals surface area contributed by atoms with Crippen LogP contribution in [0.25, 0.3) is 44.3 Å². The van der Waals surface area contributed by atoms with Crippen LogP contribution in [-0.4, -0.2) is 140 Å². The molecule has 0 atom stereocenters. The van der Waals surface area contributed by atoms with Crippen molar-refractivity contribution in [1.29, 1.82) is 0 Å². The zero-order valence-corrected chi connectivity index (χ0v) is 54.6. The predicted octanol–water partition coefficient (Wildman–Crippen LogP) is 13.7. The molecule has 8 rings (SSSR count). The lowest BCUT2D eigenvalue weighted by Gasteiger charge is -2.24. The molecule has 2 aromatic heterocycles. The second kappa shape index (κ2) is 33.0. The smallest absolute Gasteiger partial charge is 0.410 e. The van der Waals surface area contributed by atoms with Crippen LogP contribution < -0.4 is 20.5 Å². The van der Waals surface area contributed by atoms with Gasteiger partial charge in [0, 0.05) is 44.5 Å². The Bertz CT molecular complexity index is 3320. The molecular formula is C70H96N6O13. The van der Waals surface area contributed by atoms with Crippen LogP contribution in [0.15, 0.2) is 84.9 Å². The maximum Gasteiger partial charge on any atom is 0.410 e. The number of carboxylic acids is 1. The van der Waals surface area contributed by atoms with Crippen molar-refractivity contribution in [3.63, 3.8) is 0 Å². The number of unbranched alkanes of at least 4 members (excludes halogenated alkanes) is 2. The number of aliphatic carboxylic acids is 1. The van der Waals surface area contributed by atoms with Crippen LogP contribution in [0.1, 0.15) is 175 Å². The lowest BCUT2D eigenvalue weighted by Crippen LogP contribution is -2.35. The number of nitrogens with zero attached hydrogens (tertiary/aromatic N) is 4. The SMILES string of the molecule is CN(CCCCN)C(=O)OC(C)(C)C.COC(=O)c1ccc2c(C3CCCCC3)c(-c3ccc(OC)cc3)n(CC(=O)NCCCCN(C)C(=O)OC(C)(C)C)c2c1.COC(=O)c1ccc2c(C3CCCCC3)c(-c3ccc(OC)cc3)n(CC(=O)O)c2c1. The Kier molecular flexibility index (Phi) is 25.9. The summed E-state index contributed by atoms with van der Waals surface area (Å²) in [5.74, 6) is 0.337. The fourth-order valence-corrected chi connectivity index (χ4v) is 11.7. The van der Waals surface area contributed by atoms with Gasteiger partial charge >= 0.3 is 30.1 Å². The van der Waals surface area contributed by atoms with Crippen molar-refractivity contribution in [2.45, 2.75) is 168 Å². The number of carbonyl (C=O) groups excluding carboxylic acids is 5. The van der Waals surface area contributed by atoms with Gasteiger partial charge in [0.1, 0.15) is 35.8 Å². The van der Waals surface area contributed by atoms with Gasteiger partial charge in [0.05, 0.1) is 62.0 Å². The van der Waals surface area contributed by atoms with Crippen LogP contribution in [0.5, 0.6) is 11.5 Å². The van der Waals surface area contributed by atoms with E-state index in [1.54, 1.807) is 50.2 Å². The molecule has 4 N–H and O–H groups in total. The van der Waals surface area contributed by atoms with Gasteiger partial charge in [-0.25, -0.2) is 19.2 Å². The van der Waals surface area contributed by atoms with Gasteiger partial charge in [-0.05, 0) is 206 Å². The van der Waals surface area contributed by atoms with Crippen molar-refractivity contribution < 1.29 is 62.3 Å². The highest BCUT2D eigenvalue weighted by atomic mass is 16.6. The Balaban J connectivity index is 0.000000242. The molecule has 6 aromatic rings. The standard InChI is InChI=1S/C35H47N3O6.C25H27NO5.C10H22N2O2/c1-35(2,3)44-34(41)37(4)21-11-10-20-36-30(39)23-38-29-22-26(33(40)43-6)16-19-28(29)31(24-12-8-7-9-13-24)32(38)25-14-17-27(42-5)18-15-25;1-30-19-11-8-17(9-12-19)24-23(16-6-4-3-5-7-16)20-13-10-18(25(29)31-2)14-21(20)26(24)15-22(27)28;1-10(2,3)14-9(13)12(4)8-6-5-7-11/h14-19,22,24H,7-13,20-21,23H2,1-6H3,(H,36,39);8-14,16H,3-7,15H2,1-2H3,(H,27,28);5-8,11H2,1-4H3. The Hall–Kier alpha value is -8.06. The second-order valence-corrected chi connectivity index (χ2v) is 25.0. The zero-order chi connectivity index (χ0) is 65.0. The van der Waals surface area contributed by atoms with Crippen molar-refractivity contribution in [2.75, 3.05) is 68.7 Å². The lowest BCUT2D eigenvalue weighted by atomic mass is 9.82. The van der Waals surface area contributed by atoms with Crippen LogP contribution in [0.4, 0.5) is 9.59 Å². The van der Waals surface area contributed by atoms with E-state index >= 15 is 0 Å². The first-order valence-electron chi connectivity index (χ1n) is 31.3. The summed E-state index contributed by atoms with van der Waals surface area (Å²) in [5, 5.41) is 14.8. The molecular weight excluding hydrogens is 1130 g/mol. The van der Waals surface area contributed by atoms with E-state index in [1.165, 1.54) is 63.9 Å². The van der Waals surface area contributed by atoms with Crippen molar-refractivity contribution in [2.24, 2.45) is 5.73 Å². The van der Waals surface area contributed by atoms with Gasteiger partial charge < -0.3 is 63.5 Å². The highest BCUT2D eigenvalue weighted by molar-refractivity contribution is 6.01. The van der Waals surface area contributed by atoms with E-state index < -0.39 is 29.1 Å². The van der Waals surface area contributed by atoms with Gasteiger partial charge in [-0.2, -0.15) is 0 Å². The van der Waals surface area contributed by atoms with E-state index in [1.807, 2.05) is 119 Å². The molecule has 2 heterocycles. The summed E-state index contributed by atoms with van der Waals surface area (Å²) in [4.78, 5) is 76.7. The molecule has 0 saturated heterocycles. The number of carbonyl (C=O) groups is 6. The lowest BCUT2D eigenvalue weighted by molar-refractivity contribution is -0.137. The number of aromatic nitrogens is 2. The van der Waals surface area contributed by atoms with E-state index in [0.29, 0.717) is 49.1 Å². The normalized spacial score (nSPS) is 13.7. The molecule has 2 fully saturated rings. The van der Waals surface area contributed by atoms with E-state index in [2.05, 4.69) is 9.88 Å². The molecule has 4 aromatic carbocycles. The summed E-state index contributed by atoms with van der Waals surface area (Å²) < 4.78 is 35.1. The second-order valence-electron chi connectivity index (χ2n) is 25.0. The van der Waals surface area contributed by atoms with Crippen molar-refractivity contribution in [3.8, 4) is 34.0 Å². The third kappa shape index (κ3) is 19.7. The molecule has 89 heavy (non-hydrogen) atoms. The fraction of sp³-hybridized carbons (Fsp3) is 0.514. The quantitative estimate of drug-likeness (QED) is 0.0346. The maximum absolute atomic E-state index is 13.4. The number of methoxy groups -OCH3 is 4. The Morgan fingerprint density at radius 1 is 0.551 bits per heavy atom. The van der Waals surface area contributed by atoms with Crippen LogP contribution in [0.3, 0.4) is 0 Å². The highest BCUT2D eigenvalue weighted by Gasteiger charge is 2.31. The summed E-state index contributed by atoms with van der Waals surface area (Å²) >= 11 is 0. The first-order chi connectivity index (χ1) is 42.4. The molecule has 2 saturated carbocycles. The molecule has 2 aliphatic carbocycles. The van der Waals surface area contributed by atoms with Crippen molar-refractivity contribution >= 4 is 57.8 Å². The Labute approximate surface area is 525 Å². The summed E-state index contributed by atoms with van der Waals surface area (Å²) in [6.45, 7) is 13.4. The number of hydrogen-bond donors (Lipinski definition) is 3. The van der Waals surface area contributed by atoms with Crippen molar-refractivity contribution in [3.05, 3.63) is 107 Å². The Morgan fingerprint density at radius 2 is 0.944 bits per heavy atom. The topological polar surface area (TPSA) is 232 Å². The number of rotatable bonds is 21. The van der Waals surface area contributed by atoms with Gasteiger partial charge in [0.15, 0.2) is 0 Å².